The first-order valence-electron chi connectivity index (χ1n) is 8.27. The molecule has 1 atom stereocenters. The van der Waals surface area contributed by atoms with E-state index in [0.717, 1.165) is 29.2 Å². The van der Waals surface area contributed by atoms with Gasteiger partial charge in [0.1, 0.15) is 12.0 Å². The van der Waals surface area contributed by atoms with Gasteiger partial charge in [-0.25, -0.2) is 26.3 Å². The minimum Gasteiger partial charge on any atom is -0.360 e. The van der Waals surface area contributed by atoms with E-state index in [4.69, 9.17) is 0 Å². The minimum absolute atomic E-state index is 0.00709. The van der Waals surface area contributed by atoms with Crippen LogP contribution in [0.2, 0.25) is 0 Å². The first kappa shape index (κ1) is 18.9. The highest BCUT2D eigenvalue weighted by Gasteiger charge is 2.40. The molecule has 3 aromatic rings. The number of hydrogen-bond acceptors (Lipinski definition) is 2. The Balaban J connectivity index is 1.98. The summed E-state index contributed by atoms with van der Waals surface area (Å²) in [5, 5.41) is 2.64. The second-order valence-corrected chi connectivity index (χ2v) is 6.23. The third-order valence-electron chi connectivity index (χ3n) is 4.55. The average Bonchev–Trinajstić information content (AvgIpc) is 2.72. The van der Waals surface area contributed by atoms with E-state index in [0.29, 0.717) is 0 Å². The van der Waals surface area contributed by atoms with Crippen LogP contribution in [-0.2, 0) is 0 Å². The number of para-hydroxylation sites is 1. The van der Waals surface area contributed by atoms with Gasteiger partial charge in [-0.2, -0.15) is 0 Å². The molecule has 1 heterocycles. The summed E-state index contributed by atoms with van der Waals surface area (Å²) in [6, 6.07) is 10.2. The Kier molecular flexibility index (Phi) is 4.45. The average molecular weight is 408 g/mol. The van der Waals surface area contributed by atoms with Crippen LogP contribution in [0.25, 0.3) is 0 Å². The van der Waals surface area contributed by atoms with Gasteiger partial charge in [-0.1, -0.05) is 12.1 Å². The highest BCUT2D eigenvalue weighted by molar-refractivity contribution is 6.12. The lowest BCUT2D eigenvalue weighted by atomic mass is 10.0. The zero-order valence-electron chi connectivity index (χ0n) is 14.3. The van der Waals surface area contributed by atoms with Gasteiger partial charge >= 0.3 is 0 Å². The van der Waals surface area contributed by atoms with Crippen LogP contribution in [0.1, 0.15) is 22.1 Å². The fourth-order valence-corrected chi connectivity index (χ4v) is 3.19. The molecule has 0 spiro atoms. The van der Waals surface area contributed by atoms with Crippen LogP contribution in [0.5, 0.6) is 0 Å². The van der Waals surface area contributed by atoms with Crippen molar-refractivity contribution in [1.29, 1.82) is 0 Å². The molecule has 0 unspecified atom stereocenters. The Morgan fingerprint density at radius 1 is 0.724 bits per heavy atom. The number of carbonyl (C=O) groups excluding carboxylic acids is 1. The number of halogens is 6. The fourth-order valence-electron chi connectivity index (χ4n) is 3.19. The third-order valence-corrected chi connectivity index (χ3v) is 4.55. The lowest BCUT2D eigenvalue weighted by Gasteiger charge is -2.38. The van der Waals surface area contributed by atoms with E-state index >= 15 is 0 Å². The molecule has 1 aliphatic heterocycles. The van der Waals surface area contributed by atoms with E-state index in [1.165, 1.54) is 18.2 Å². The molecule has 0 saturated heterocycles. The molecule has 0 radical (unpaired) electrons. The summed E-state index contributed by atoms with van der Waals surface area (Å²) in [5.41, 5.74) is -0.984. The Hall–Kier alpha value is -3.49. The minimum atomic E-state index is -2.31. The number of rotatable bonds is 2. The van der Waals surface area contributed by atoms with Crippen LogP contribution in [-0.4, -0.2) is 5.91 Å². The molecule has 0 fully saturated rings. The molecule has 1 aliphatic rings. The van der Waals surface area contributed by atoms with E-state index in [9.17, 15) is 31.1 Å². The predicted molar refractivity (Wildman–Crippen MR) is 92.2 cm³/mol. The summed E-state index contributed by atoms with van der Waals surface area (Å²) >= 11 is 0. The summed E-state index contributed by atoms with van der Waals surface area (Å²) in [6.07, 6.45) is -1.77. The van der Waals surface area contributed by atoms with Gasteiger partial charge in [-0.05, 0) is 36.4 Å². The van der Waals surface area contributed by atoms with Gasteiger partial charge in [0.15, 0.2) is 23.3 Å². The van der Waals surface area contributed by atoms with Crippen molar-refractivity contribution in [3.05, 3.63) is 94.6 Å². The van der Waals surface area contributed by atoms with Crippen molar-refractivity contribution in [1.82, 2.24) is 0 Å². The van der Waals surface area contributed by atoms with Crippen molar-refractivity contribution in [3.8, 4) is 0 Å². The van der Waals surface area contributed by atoms with Crippen LogP contribution >= 0.6 is 0 Å². The van der Waals surface area contributed by atoms with Crippen LogP contribution in [0, 0.1) is 34.9 Å². The zero-order valence-corrected chi connectivity index (χ0v) is 14.3. The smallest absolute Gasteiger partial charge is 0.262 e. The molecule has 3 nitrogen and oxygen atoms in total. The van der Waals surface area contributed by atoms with Crippen molar-refractivity contribution in [3.63, 3.8) is 0 Å². The van der Waals surface area contributed by atoms with Crippen LogP contribution in [0.3, 0.4) is 0 Å². The SMILES string of the molecule is O=C1c2ccccc2N[C@@H](c2c(F)c(F)c(F)c(F)c2F)N1c1ccc(F)cc1. The second kappa shape index (κ2) is 6.84. The topological polar surface area (TPSA) is 32.3 Å². The molecule has 1 N–H and O–H groups in total. The molecule has 29 heavy (non-hydrogen) atoms. The molecule has 3 aromatic carbocycles. The van der Waals surface area contributed by atoms with Gasteiger partial charge in [0.25, 0.3) is 5.91 Å². The van der Waals surface area contributed by atoms with E-state index in [1.807, 2.05) is 0 Å². The molecule has 0 aliphatic carbocycles. The van der Waals surface area contributed by atoms with Gasteiger partial charge in [-0.15, -0.1) is 0 Å². The molecular formula is C20H10F6N2O. The number of carbonyl (C=O) groups is 1. The highest BCUT2D eigenvalue weighted by atomic mass is 19.2. The standard InChI is InChI=1S/C20H10F6N2O/c21-9-5-7-10(8-6-9)28-19(27-12-4-2-1-3-11(12)20(28)29)13-14(22)16(24)18(26)17(25)15(13)23/h1-8,19,27H/t19-/m1/s1. The molecule has 0 bridgehead atoms. The number of anilines is 2. The molecule has 1 amide bonds. The summed E-state index contributed by atoms with van der Waals surface area (Å²) in [4.78, 5) is 13.8. The quantitative estimate of drug-likeness (QED) is 0.355. The first-order chi connectivity index (χ1) is 13.8. The van der Waals surface area contributed by atoms with Crippen molar-refractivity contribution in [2.24, 2.45) is 0 Å². The molecular weight excluding hydrogens is 398 g/mol. The van der Waals surface area contributed by atoms with Crippen molar-refractivity contribution < 1.29 is 31.1 Å². The highest BCUT2D eigenvalue weighted by Crippen LogP contribution is 2.39. The maximum atomic E-state index is 14.5. The summed E-state index contributed by atoms with van der Waals surface area (Å²) in [5.74, 6) is -12.1. The molecule has 148 valence electrons. The Labute approximate surface area is 160 Å². The first-order valence-corrected chi connectivity index (χ1v) is 8.27. The van der Waals surface area contributed by atoms with Gasteiger partial charge in [0.2, 0.25) is 5.82 Å². The molecule has 9 heteroatoms. The maximum Gasteiger partial charge on any atom is 0.262 e. The number of benzene rings is 3. The van der Waals surface area contributed by atoms with Crippen LogP contribution < -0.4 is 10.2 Å². The summed E-state index contributed by atoms with van der Waals surface area (Å²) < 4.78 is 83.3. The van der Waals surface area contributed by atoms with Gasteiger partial charge in [0.05, 0.1) is 11.1 Å². The van der Waals surface area contributed by atoms with Crippen molar-refractivity contribution >= 4 is 17.3 Å². The largest absolute Gasteiger partial charge is 0.360 e. The zero-order chi connectivity index (χ0) is 20.9. The van der Waals surface area contributed by atoms with Crippen LogP contribution in [0.15, 0.2) is 48.5 Å². The number of amides is 1. The van der Waals surface area contributed by atoms with E-state index in [-0.39, 0.29) is 16.9 Å². The summed E-state index contributed by atoms with van der Waals surface area (Å²) in [6.45, 7) is 0. The lowest BCUT2D eigenvalue weighted by Crippen LogP contribution is -2.44. The normalized spacial score (nSPS) is 15.9. The molecule has 0 aromatic heterocycles. The maximum absolute atomic E-state index is 14.5. The van der Waals surface area contributed by atoms with Crippen LogP contribution in [0.4, 0.5) is 37.7 Å². The van der Waals surface area contributed by atoms with Crippen molar-refractivity contribution in [2.45, 2.75) is 6.17 Å². The number of nitrogens with zero attached hydrogens (tertiary/aromatic N) is 1. The van der Waals surface area contributed by atoms with E-state index < -0.39 is 52.5 Å². The monoisotopic (exact) mass is 408 g/mol. The predicted octanol–water partition coefficient (Wildman–Crippen LogP) is 5.29. The van der Waals surface area contributed by atoms with Gasteiger partial charge in [0, 0.05) is 11.4 Å². The second-order valence-electron chi connectivity index (χ2n) is 6.23. The number of fused-ring (bicyclic) bond motifs is 1. The summed E-state index contributed by atoms with van der Waals surface area (Å²) in [7, 11) is 0. The Morgan fingerprint density at radius 3 is 1.90 bits per heavy atom. The van der Waals surface area contributed by atoms with E-state index in [1.54, 1.807) is 6.07 Å². The molecule has 0 saturated carbocycles. The number of hydrogen-bond donors (Lipinski definition) is 1. The fraction of sp³-hybridized carbons (Fsp3) is 0.0500. The van der Waals surface area contributed by atoms with E-state index in [2.05, 4.69) is 5.32 Å². The number of nitrogens with one attached hydrogen (secondary N) is 1. The van der Waals surface area contributed by atoms with Gasteiger partial charge < -0.3 is 5.32 Å². The Morgan fingerprint density at radius 2 is 1.28 bits per heavy atom. The third kappa shape index (κ3) is 2.89. The molecule has 4 rings (SSSR count). The Bertz CT molecular complexity index is 1100. The van der Waals surface area contributed by atoms with Crippen molar-refractivity contribution in [2.75, 3.05) is 10.2 Å². The van der Waals surface area contributed by atoms with Gasteiger partial charge in [-0.3, -0.25) is 9.69 Å². The lowest BCUT2D eigenvalue weighted by molar-refractivity contribution is 0.0973.